The molecule has 1 amide bonds. The van der Waals surface area contributed by atoms with Gasteiger partial charge in [0.1, 0.15) is 11.8 Å². The molecule has 124 valence electrons. The molecular formula is C19H22N4O. The molecule has 0 aliphatic carbocycles. The third kappa shape index (κ3) is 3.43. The third-order valence-corrected chi connectivity index (χ3v) is 4.74. The molecule has 0 unspecified atom stereocenters. The first-order valence-electron chi connectivity index (χ1n) is 8.45. The predicted octanol–water partition coefficient (Wildman–Crippen LogP) is 3.77. The van der Waals surface area contributed by atoms with Gasteiger partial charge in [-0.3, -0.25) is 4.79 Å². The number of aromatic amines is 1. The van der Waals surface area contributed by atoms with E-state index in [0.29, 0.717) is 11.3 Å². The molecular weight excluding hydrogens is 300 g/mol. The molecule has 2 N–H and O–H groups in total. The van der Waals surface area contributed by atoms with Crippen LogP contribution in [0.2, 0.25) is 0 Å². The van der Waals surface area contributed by atoms with Crippen LogP contribution in [-0.4, -0.2) is 24.0 Å². The van der Waals surface area contributed by atoms with Gasteiger partial charge in [0.25, 0.3) is 5.91 Å². The summed E-state index contributed by atoms with van der Waals surface area (Å²) in [5.41, 5.74) is 2.72. The Hall–Kier alpha value is -2.74. The Morgan fingerprint density at radius 2 is 2.12 bits per heavy atom. The van der Waals surface area contributed by atoms with Gasteiger partial charge in [-0.05, 0) is 37.0 Å². The number of H-pyrrole nitrogens is 1. The number of hydrogen-bond donors (Lipinski definition) is 2. The molecule has 3 rings (SSSR count). The van der Waals surface area contributed by atoms with Gasteiger partial charge in [0.2, 0.25) is 0 Å². The van der Waals surface area contributed by atoms with Gasteiger partial charge >= 0.3 is 0 Å². The fourth-order valence-corrected chi connectivity index (χ4v) is 3.22. The zero-order chi connectivity index (χ0) is 16.9. The molecule has 0 saturated carbocycles. The number of anilines is 2. The van der Waals surface area contributed by atoms with E-state index in [4.69, 9.17) is 5.26 Å². The van der Waals surface area contributed by atoms with Gasteiger partial charge in [-0.2, -0.15) is 5.26 Å². The number of carbonyl (C=O) groups is 1. The Morgan fingerprint density at radius 3 is 2.79 bits per heavy atom. The molecule has 5 nitrogen and oxygen atoms in total. The van der Waals surface area contributed by atoms with Crippen LogP contribution in [0.3, 0.4) is 0 Å². The molecule has 0 bridgehead atoms. The standard InChI is InChI=1S/C19H22N4O/c1-2-14-7-9-23(10-8-14)18-6-4-3-5-16(18)22-19(24)17-11-15(12-20)13-21-17/h3-6,11,13-14,21H,2,7-10H2,1H3,(H,22,24). The van der Waals surface area contributed by atoms with Crippen LogP contribution in [0.25, 0.3) is 0 Å². The van der Waals surface area contributed by atoms with E-state index in [1.165, 1.54) is 25.5 Å². The molecule has 0 atom stereocenters. The van der Waals surface area contributed by atoms with E-state index in [9.17, 15) is 4.79 Å². The minimum absolute atomic E-state index is 0.229. The third-order valence-electron chi connectivity index (χ3n) is 4.74. The number of hydrogen-bond acceptors (Lipinski definition) is 3. The van der Waals surface area contributed by atoms with Crippen molar-refractivity contribution in [3.63, 3.8) is 0 Å². The maximum Gasteiger partial charge on any atom is 0.272 e. The fourth-order valence-electron chi connectivity index (χ4n) is 3.22. The Bertz CT molecular complexity index is 751. The van der Waals surface area contributed by atoms with Crippen molar-refractivity contribution in [2.24, 2.45) is 5.92 Å². The Labute approximate surface area is 142 Å². The highest BCUT2D eigenvalue weighted by atomic mass is 16.1. The van der Waals surface area contributed by atoms with Crippen LogP contribution in [0.4, 0.5) is 11.4 Å². The van der Waals surface area contributed by atoms with Gasteiger partial charge < -0.3 is 15.2 Å². The van der Waals surface area contributed by atoms with E-state index in [-0.39, 0.29) is 5.91 Å². The van der Waals surface area contributed by atoms with Gasteiger partial charge in [0, 0.05) is 19.3 Å². The molecule has 2 aromatic rings. The highest BCUT2D eigenvalue weighted by molar-refractivity contribution is 6.05. The molecule has 1 saturated heterocycles. The summed E-state index contributed by atoms with van der Waals surface area (Å²) in [6.45, 7) is 4.29. The topological polar surface area (TPSA) is 71.9 Å². The summed E-state index contributed by atoms with van der Waals surface area (Å²) in [6, 6.07) is 11.5. The van der Waals surface area contributed by atoms with Crippen molar-refractivity contribution in [3.8, 4) is 6.07 Å². The number of rotatable bonds is 4. The van der Waals surface area contributed by atoms with Crippen molar-refractivity contribution in [1.29, 1.82) is 5.26 Å². The smallest absolute Gasteiger partial charge is 0.272 e. The van der Waals surface area contributed by atoms with Gasteiger partial charge in [0.15, 0.2) is 0 Å². The quantitative estimate of drug-likeness (QED) is 0.900. The van der Waals surface area contributed by atoms with Crippen LogP contribution in [-0.2, 0) is 0 Å². The summed E-state index contributed by atoms with van der Waals surface area (Å²) in [5.74, 6) is 0.582. The molecule has 5 heteroatoms. The summed E-state index contributed by atoms with van der Waals surface area (Å²) in [6.07, 6.45) is 5.17. The van der Waals surface area contributed by atoms with E-state index in [2.05, 4.69) is 28.2 Å². The van der Waals surface area contributed by atoms with Crippen LogP contribution in [0, 0.1) is 17.2 Å². The van der Waals surface area contributed by atoms with Gasteiger partial charge in [0.05, 0.1) is 16.9 Å². The van der Waals surface area contributed by atoms with Gasteiger partial charge in [-0.15, -0.1) is 0 Å². The van der Waals surface area contributed by atoms with E-state index in [1.54, 1.807) is 6.07 Å². The number of nitrogens with zero attached hydrogens (tertiary/aromatic N) is 2. The number of piperidine rings is 1. The van der Waals surface area contributed by atoms with Crippen molar-refractivity contribution in [2.75, 3.05) is 23.3 Å². The SMILES string of the molecule is CCC1CCN(c2ccccc2NC(=O)c2cc(C#N)c[nH]2)CC1. The minimum Gasteiger partial charge on any atom is -0.370 e. The normalized spacial score (nSPS) is 15.1. The highest BCUT2D eigenvalue weighted by Crippen LogP contribution is 2.30. The molecule has 1 aromatic heterocycles. The number of amides is 1. The maximum absolute atomic E-state index is 12.4. The van der Waals surface area contributed by atoms with Gasteiger partial charge in [-0.1, -0.05) is 25.5 Å². The summed E-state index contributed by atoms with van der Waals surface area (Å²) in [5, 5.41) is 11.8. The zero-order valence-corrected chi connectivity index (χ0v) is 13.9. The lowest BCUT2D eigenvalue weighted by atomic mass is 9.94. The number of aromatic nitrogens is 1. The number of nitrogens with one attached hydrogen (secondary N) is 2. The van der Waals surface area contributed by atoms with Crippen LogP contribution < -0.4 is 10.2 Å². The summed E-state index contributed by atoms with van der Waals surface area (Å²) < 4.78 is 0. The van der Waals surface area contributed by atoms with Crippen molar-refractivity contribution in [3.05, 3.63) is 47.8 Å². The molecule has 1 aromatic carbocycles. The van der Waals surface area contributed by atoms with Crippen molar-refractivity contribution >= 4 is 17.3 Å². The first-order chi connectivity index (χ1) is 11.7. The lowest BCUT2D eigenvalue weighted by molar-refractivity contribution is 0.102. The average molecular weight is 322 g/mol. The van der Waals surface area contributed by atoms with Crippen LogP contribution in [0.15, 0.2) is 36.5 Å². The van der Waals surface area contributed by atoms with Crippen molar-refractivity contribution in [2.45, 2.75) is 26.2 Å². The Balaban J connectivity index is 1.75. The number of nitriles is 1. The monoisotopic (exact) mass is 322 g/mol. The second-order valence-corrected chi connectivity index (χ2v) is 6.22. The van der Waals surface area contributed by atoms with Crippen LogP contribution in [0.1, 0.15) is 42.2 Å². The number of benzene rings is 1. The lowest BCUT2D eigenvalue weighted by Gasteiger charge is -2.34. The average Bonchev–Trinajstić information content (AvgIpc) is 3.12. The summed E-state index contributed by atoms with van der Waals surface area (Å²) in [7, 11) is 0. The van der Waals surface area contributed by atoms with Crippen molar-refractivity contribution in [1.82, 2.24) is 4.98 Å². The van der Waals surface area contributed by atoms with E-state index in [1.807, 2.05) is 24.3 Å². The molecule has 24 heavy (non-hydrogen) atoms. The van der Waals surface area contributed by atoms with E-state index in [0.717, 1.165) is 30.4 Å². The number of carbonyl (C=O) groups excluding carboxylic acids is 1. The van der Waals surface area contributed by atoms with Crippen molar-refractivity contribution < 1.29 is 4.79 Å². The lowest BCUT2D eigenvalue weighted by Crippen LogP contribution is -2.34. The molecule has 0 spiro atoms. The minimum atomic E-state index is -0.229. The second-order valence-electron chi connectivity index (χ2n) is 6.22. The first-order valence-corrected chi connectivity index (χ1v) is 8.45. The first kappa shape index (κ1) is 16.1. The Kier molecular flexibility index (Phi) is 4.85. The van der Waals surface area contributed by atoms with E-state index >= 15 is 0 Å². The van der Waals surface area contributed by atoms with Gasteiger partial charge in [-0.25, -0.2) is 0 Å². The van der Waals surface area contributed by atoms with E-state index < -0.39 is 0 Å². The van der Waals surface area contributed by atoms with Crippen LogP contribution >= 0.6 is 0 Å². The Morgan fingerprint density at radius 1 is 1.38 bits per heavy atom. The fraction of sp³-hybridized carbons (Fsp3) is 0.368. The molecule has 0 radical (unpaired) electrons. The zero-order valence-electron chi connectivity index (χ0n) is 13.9. The molecule has 1 fully saturated rings. The largest absolute Gasteiger partial charge is 0.370 e. The number of para-hydroxylation sites is 2. The maximum atomic E-state index is 12.4. The van der Waals surface area contributed by atoms with Crippen LogP contribution in [0.5, 0.6) is 0 Å². The predicted molar refractivity (Wildman–Crippen MR) is 95.1 cm³/mol. The summed E-state index contributed by atoms with van der Waals surface area (Å²) in [4.78, 5) is 17.6. The second kappa shape index (κ2) is 7.22. The highest BCUT2D eigenvalue weighted by Gasteiger charge is 2.20. The molecule has 2 heterocycles. The molecule has 1 aliphatic heterocycles. The summed E-state index contributed by atoms with van der Waals surface area (Å²) >= 11 is 0. The molecule has 1 aliphatic rings.